The third-order valence-electron chi connectivity index (χ3n) is 2.21. The zero-order chi connectivity index (χ0) is 16.1. The molecule has 0 aromatic heterocycles. The van der Waals surface area contributed by atoms with Gasteiger partial charge < -0.3 is 10.1 Å². The standard InChI is InChI=1S/C12H12F6N2O/c13-11(14,15)6-5-10(19)20-8-1-3-9(4-2-8)21-7-12(16,17)18/h1-4H,5-7H2,(H2,19,20). The lowest BCUT2D eigenvalue weighted by atomic mass is 10.2. The zero-order valence-electron chi connectivity index (χ0n) is 10.6. The first kappa shape index (κ1) is 17.1. The van der Waals surface area contributed by atoms with Crippen LogP contribution in [0.4, 0.5) is 32.0 Å². The van der Waals surface area contributed by atoms with E-state index in [1.165, 1.54) is 24.3 Å². The maximum atomic E-state index is 12.0. The first-order chi connectivity index (χ1) is 9.55. The molecular formula is C12H12F6N2O. The number of nitrogens with one attached hydrogen (secondary N) is 2. The van der Waals surface area contributed by atoms with Gasteiger partial charge in [-0.3, -0.25) is 5.41 Å². The van der Waals surface area contributed by atoms with Crippen LogP contribution >= 0.6 is 0 Å². The lowest BCUT2D eigenvalue weighted by Crippen LogP contribution is -2.19. The minimum absolute atomic E-state index is 0.0281. The van der Waals surface area contributed by atoms with Gasteiger partial charge in [0.1, 0.15) is 5.75 Å². The molecule has 0 bridgehead atoms. The van der Waals surface area contributed by atoms with Gasteiger partial charge in [0, 0.05) is 12.1 Å². The highest BCUT2D eigenvalue weighted by molar-refractivity contribution is 5.92. The van der Waals surface area contributed by atoms with Gasteiger partial charge in [-0.15, -0.1) is 0 Å². The normalized spacial score (nSPS) is 12.1. The Kier molecular flexibility index (Phi) is 5.45. The van der Waals surface area contributed by atoms with Crippen LogP contribution in [0.15, 0.2) is 24.3 Å². The monoisotopic (exact) mass is 314 g/mol. The Morgan fingerprint density at radius 1 is 1.00 bits per heavy atom. The van der Waals surface area contributed by atoms with Crippen LogP contribution < -0.4 is 10.1 Å². The Hall–Kier alpha value is -1.93. The number of amidine groups is 1. The summed E-state index contributed by atoms with van der Waals surface area (Å²) in [6.45, 7) is -1.43. The lowest BCUT2D eigenvalue weighted by Gasteiger charge is -2.11. The molecule has 0 radical (unpaired) electrons. The molecule has 1 aromatic rings. The molecule has 9 heteroatoms. The van der Waals surface area contributed by atoms with Crippen molar-refractivity contribution in [2.75, 3.05) is 11.9 Å². The van der Waals surface area contributed by atoms with Gasteiger partial charge in [-0.1, -0.05) is 0 Å². The molecule has 0 aliphatic carbocycles. The van der Waals surface area contributed by atoms with E-state index in [1.54, 1.807) is 0 Å². The molecule has 0 heterocycles. The number of hydrogen-bond acceptors (Lipinski definition) is 2. The number of alkyl halides is 6. The molecule has 1 aromatic carbocycles. The Morgan fingerprint density at radius 2 is 1.57 bits per heavy atom. The summed E-state index contributed by atoms with van der Waals surface area (Å²) in [6, 6.07) is 5.08. The molecule has 1 rings (SSSR count). The van der Waals surface area contributed by atoms with E-state index in [0.29, 0.717) is 5.69 Å². The van der Waals surface area contributed by atoms with Crippen LogP contribution in [0.2, 0.25) is 0 Å². The molecule has 2 N–H and O–H groups in total. The average molecular weight is 314 g/mol. The van der Waals surface area contributed by atoms with Crippen molar-refractivity contribution in [1.29, 1.82) is 5.41 Å². The molecule has 0 saturated heterocycles. The average Bonchev–Trinajstić information content (AvgIpc) is 2.34. The Labute approximate surface area is 116 Å². The van der Waals surface area contributed by atoms with Crippen molar-refractivity contribution in [2.24, 2.45) is 0 Å². The molecule has 0 amide bonds. The van der Waals surface area contributed by atoms with Crippen molar-refractivity contribution in [3.05, 3.63) is 24.3 Å². The second-order valence-corrected chi connectivity index (χ2v) is 4.15. The summed E-state index contributed by atoms with van der Waals surface area (Å²) in [4.78, 5) is 0. The summed E-state index contributed by atoms with van der Waals surface area (Å²) < 4.78 is 76.1. The van der Waals surface area contributed by atoms with E-state index in [9.17, 15) is 26.3 Å². The number of benzene rings is 1. The van der Waals surface area contributed by atoms with E-state index in [-0.39, 0.29) is 11.6 Å². The van der Waals surface area contributed by atoms with Crippen LogP contribution in [0.5, 0.6) is 5.75 Å². The van der Waals surface area contributed by atoms with E-state index in [0.717, 1.165) is 0 Å². The van der Waals surface area contributed by atoms with Crippen molar-refractivity contribution in [3.63, 3.8) is 0 Å². The largest absolute Gasteiger partial charge is 0.484 e. The molecule has 0 aliphatic rings. The number of anilines is 1. The molecule has 0 atom stereocenters. The minimum Gasteiger partial charge on any atom is -0.484 e. The SMILES string of the molecule is N=C(CCC(F)(F)F)Nc1ccc(OCC(F)(F)F)cc1. The topological polar surface area (TPSA) is 45.1 Å². The van der Waals surface area contributed by atoms with Gasteiger partial charge in [-0.2, -0.15) is 26.3 Å². The van der Waals surface area contributed by atoms with Crippen LogP contribution in [0.25, 0.3) is 0 Å². The third kappa shape index (κ3) is 8.05. The van der Waals surface area contributed by atoms with Crippen LogP contribution in [0.1, 0.15) is 12.8 Å². The van der Waals surface area contributed by atoms with Gasteiger partial charge in [-0.25, -0.2) is 0 Å². The van der Waals surface area contributed by atoms with Crippen molar-refractivity contribution in [1.82, 2.24) is 0 Å². The first-order valence-electron chi connectivity index (χ1n) is 5.76. The Morgan fingerprint density at radius 3 is 2.05 bits per heavy atom. The van der Waals surface area contributed by atoms with Gasteiger partial charge in [0.15, 0.2) is 6.61 Å². The molecule has 0 saturated carbocycles. The van der Waals surface area contributed by atoms with Crippen LogP contribution in [-0.4, -0.2) is 24.8 Å². The van der Waals surface area contributed by atoms with E-state index in [4.69, 9.17) is 5.41 Å². The highest BCUT2D eigenvalue weighted by Crippen LogP contribution is 2.23. The molecule has 0 fully saturated rings. The highest BCUT2D eigenvalue weighted by Gasteiger charge is 2.28. The summed E-state index contributed by atoms with van der Waals surface area (Å²) in [5.41, 5.74) is 0.293. The van der Waals surface area contributed by atoms with Gasteiger partial charge in [0.2, 0.25) is 0 Å². The van der Waals surface area contributed by atoms with E-state index < -0.39 is 31.8 Å². The van der Waals surface area contributed by atoms with E-state index in [2.05, 4.69) is 10.1 Å². The van der Waals surface area contributed by atoms with Gasteiger partial charge in [0.25, 0.3) is 0 Å². The van der Waals surface area contributed by atoms with Gasteiger partial charge >= 0.3 is 12.4 Å². The minimum atomic E-state index is -4.45. The lowest BCUT2D eigenvalue weighted by molar-refractivity contribution is -0.153. The fourth-order valence-electron chi connectivity index (χ4n) is 1.30. The molecule has 0 unspecified atom stereocenters. The molecular weight excluding hydrogens is 302 g/mol. The Bertz CT molecular complexity index is 466. The van der Waals surface area contributed by atoms with Crippen LogP contribution in [-0.2, 0) is 0 Å². The highest BCUT2D eigenvalue weighted by atomic mass is 19.4. The Balaban J connectivity index is 2.45. The number of ether oxygens (including phenoxy) is 1. The predicted octanol–water partition coefficient (Wildman–Crippen LogP) is 4.36. The summed E-state index contributed by atoms with van der Waals surface area (Å²) in [7, 11) is 0. The molecule has 21 heavy (non-hydrogen) atoms. The van der Waals surface area contributed by atoms with Gasteiger partial charge in [0.05, 0.1) is 12.3 Å². The molecule has 0 aliphatic heterocycles. The van der Waals surface area contributed by atoms with E-state index >= 15 is 0 Å². The van der Waals surface area contributed by atoms with Crippen LogP contribution in [0.3, 0.4) is 0 Å². The maximum Gasteiger partial charge on any atom is 0.422 e. The first-order valence-corrected chi connectivity index (χ1v) is 5.76. The second kappa shape index (κ2) is 6.68. The fourth-order valence-corrected chi connectivity index (χ4v) is 1.30. The smallest absolute Gasteiger partial charge is 0.422 e. The summed E-state index contributed by atoms with van der Waals surface area (Å²) in [5.74, 6) is -0.365. The van der Waals surface area contributed by atoms with E-state index in [1.807, 2.05) is 0 Å². The number of halogens is 6. The summed E-state index contributed by atoms with van der Waals surface area (Å²) >= 11 is 0. The second-order valence-electron chi connectivity index (χ2n) is 4.15. The quantitative estimate of drug-likeness (QED) is 0.482. The fraction of sp³-hybridized carbons (Fsp3) is 0.417. The molecule has 0 spiro atoms. The van der Waals surface area contributed by atoms with Crippen LogP contribution in [0, 0.1) is 5.41 Å². The molecule has 118 valence electrons. The maximum absolute atomic E-state index is 12.0. The van der Waals surface area contributed by atoms with Crippen molar-refractivity contribution in [3.8, 4) is 5.75 Å². The number of rotatable bonds is 5. The zero-order valence-corrected chi connectivity index (χ0v) is 10.6. The molecule has 3 nitrogen and oxygen atoms in total. The van der Waals surface area contributed by atoms with Crippen molar-refractivity contribution >= 4 is 11.5 Å². The van der Waals surface area contributed by atoms with Crippen molar-refractivity contribution in [2.45, 2.75) is 25.2 Å². The summed E-state index contributed by atoms with van der Waals surface area (Å²) in [6.07, 6.45) is -10.4. The summed E-state index contributed by atoms with van der Waals surface area (Å²) in [5, 5.41) is 9.75. The van der Waals surface area contributed by atoms with Crippen molar-refractivity contribution < 1.29 is 31.1 Å². The predicted molar refractivity (Wildman–Crippen MR) is 64.6 cm³/mol. The van der Waals surface area contributed by atoms with Gasteiger partial charge in [-0.05, 0) is 24.3 Å². The number of hydrogen-bond donors (Lipinski definition) is 2. The third-order valence-corrected chi connectivity index (χ3v) is 2.21.